The molecule has 0 spiro atoms. The van der Waals surface area contributed by atoms with Crippen LogP contribution in [0.5, 0.6) is 0 Å². The van der Waals surface area contributed by atoms with Gasteiger partial charge in [-0.2, -0.15) is 0 Å². The summed E-state index contributed by atoms with van der Waals surface area (Å²) in [5.74, 6) is 0.0417. The lowest BCUT2D eigenvalue weighted by Crippen LogP contribution is -2.40. The molecule has 2 aromatic rings. The fraction of sp³-hybridized carbons (Fsp3) is 0.526. The van der Waals surface area contributed by atoms with Crippen LogP contribution in [-0.2, 0) is 0 Å². The second kappa shape index (κ2) is 6.75. The lowest BCUT2D eigenvalue weighted by molar-refractivity contribution is 0.0943. The Balaban J connectivity index is 1.76. The summed E-state index contributed by atoms with van der Waals surface area (Å²) in [7, 11) is 0. The molecule has 3 rings (SSSR count). The molecular weight excluding hydrogens is 286 g/mol. The lowest BCUT2D eigenvalue weighted by atomic mass is 10.1. The van der Waals surface area contributed by atoms with E-state index in [-0.39, 0.29) is 5.91 Å². The van der Waals surface area contributed by atoms with E-state index in [1.54, 1.807) is 0 Å². The van der Waals surface area contributed by atoms with Crippen LogP contribution in [0.25, 0.3) is 10.9 Å². The van der Waals surface area contributed by atoms with Crippen LogP contribution in [0.4, 0.5) is 0 Å². The molecule has 2 heterocycles. The van der Waals surface area contributed by atoms with E-state index in [9.17, 15) is 4.79 Å². The van der Waals surface area contributed by atoms with Gasteiger partial charge in [0.05, 0.1) is 0 Å². The molecule has 1 aromatic carbocycles. The quantitative estimate of drug-likeness (QED) is 0.918. The number of likely N-dealkylation sites (N-methyl/N-ethyl adjacent to an activating group) is 1. The number of likely N-dealkylation sites (tertiary alicyclic amines) is 1. The topological polar surface area (TPSA) is 37.3 Å². The number of nitrogens with one attached hydrogen (secondary N) is 1. The first-order valence-corrected chi connectivity index (χ1v) is 8.73. The maximum atomic E-state index is 12.7. The Kier molecular flexibility index (Phi) is 4.71. The third kappa shape index (κ3) is 3.13. The van der Waals surface area contributed by atoms with Crippen LogP contribution in [-0.4, -0.2) is 41.1 Å². The third-order valence-electron chi connectivity index (χ3n) is 4.97. The smallest absolute Gasteiger partial charge is 0.252 e. The van der Waals surface area contributed by atoms with Gasteiger partial charge in [0.15, 0.2) is 0 Å². The first-order valence-electron chi connectivity index (χ1n) is 8.73. The van der Waals surface area contributed by atoms with Gasteiger partial charge < -0.3 is 9.88 Å². The number of carbonyl (C=O) groups excluding carboxylic acids is 1. The Morgan fingerprint density at radius 1 is 1.35 bits per heavy atom. The Labute approximate surface area is 138 Å². The Morgan fingerprint density at radius 3 is 2.91 bits per heavy atom. The van der Waals surface area contributed by atoms with Gasteiger partial charge in [-0.05, 0) is 58.0 Å². The van der Waals surface area contributed by atoms with Crippen molar-refractivity contribution in [1.29, 1.82) is 0 Å². The monoisotopic (exact) mass is 313 g/mol. The molecule has 1 saturated heterocycles. The van der Waals surface area contributed by atoms with E-state index in [0.29, 0.717) is 12.1 Å². The zero-order valence-corrected chi connectivity index (χ0v) is 14.4. The van der Waals surface area contributed by atoms with Crippen molar-refractivity contribution in [3.8, 4) is 0 Å². The summed E-state index contributed by atoms with van der Waals surface area (Å²) in [6, 6.07) is 8.92. The standard InChI is InChI=1S/C19H27N3O/c1-4-21-11-6-7-15(21)13-20-19(23)17-8-5-9-18-16(17)10-12-22(18)14(2)3/h5,8-10,12,14-15H,4,6-7,11,13H2,1-3H3,(H,20,23)/t15-/m1/s1. The summed E-state index contributed by atoms with van der Waals surface area (Å²) in [6.07, 6.45) is 4.49. The first-order chi connectivity index (χ1) is 11.1. The van der Waals surface area contributed by atoms with Gasteiger partial charge in [-0.15, -0.1) is 0 Å². The molecule has 0 saturated carbocycles. The lowest BCUT2D eigenvalue weighted by Gasteiger charge is -2.23. The fourth-order valence-corrected chi connectivity index (χ4v) is 3.69. The van der Waals surface area contributed by atoms with E-state index in [1.165, 1.54) is 12.8 Å². The zero-order chi connectivity index (χ0) is 16.4. The summed E-state index contributed by atoms with van der Waals surface area (Å²) in [4.78, 5) is 15.1. The van der Waals surface area contributed by atoms with Gasteiger partial charge in [0, 0.05) is 41.3 Å². The molecule has 0 bridgehead atoms. The van der Waals surface area contributed by atoms with E-state index in [1.807, 2.05) is 12.1 Å². The highest BCUT2D eigenvalue weighted by Gasteiger charge is 2.23. The number of aromatic nitrogens is 1. The van der Waals surface area contributed by atoms with Crippen LogP contribution in [0.2, 0.25) is 0 Å². The molecule has 1 fully saturated rings. The fourth-order valence-electron chi connectivity index (χ4n) is 3.69. The van der Waals surface area contributed by atoms with Crippen molar-refractivity contribution < 1.29 is 4.79 Å². The highest BCUT2D eigenvalue weighted by Crippen LogP contribution is 2.23. The average Bonchev–Trinajstić information content (AvgIpc) is 3.18. The average molecular weight is 313 g/mol. The maximum Gasteiger partial charge on any atom is 0.252 e. The van der Waals surface area contributed by atoms with Gasteiger partial charge in [-0.25, -0.2) is 0 Å². The molecule has 1 aliphatic heterocycles. The van der Waals surface area contributed by atoms with E-state index in [2.05, 4.69) is 53.9 Å². The number of nitrogens with zero attached hydrogens (tertiary/aromatic N) is 2. The van der Waals surface area contributed by atoms with Gasteiger partial charge in [0.1, 0.15) is 0 Å². The molecule has 124 valence electrons. The second-order valence-electron chi connectivity index (χ2n) is 6.69. The number of benzene rings is 1. The van der Waals surface area contributed by atoms with Crippen LogP contribution in [0.3, 0.4) is 0 Å². The molecule has 1 amide bonds. The molecule has 1 atom stereocenters. The molecule has 1 N–H and O–H groups in total. The van der Waals surface area contributed by atoms with Crippen molar-refractivity contribution in [2.75, 3.05) is 19.6 Å². The number of hydrogen-bond acceptors (Lipinski definition) is 2. The van der Waals surface area contributed by atoms with Crippen LogP contribution in [0, 0.1) is 0 Å². The highest BCUT2D eigenvalue weighted by molar-refractivity contribution is 6.06. The highest BCUT2D eigenvalue weighted by atomic mass is 16.1. The minimum Gasteiger partial charge on any atom is -0.350 e. The number of rotatable bonds is 5. The molecule has 1 aromatic heterocycles. The predicted molar refractivity (Wildman–Crippen MR) is 94.9 cm³/mol. The van der Waals surface area contributed by atoms with Crippen molar-refractivity contribution in [3.63, 3.8) is 0 Å². The van der Waals surface area contributed by atoms with Crippen molar-refractivity contribution in [3.05, 3.63) is 36.0 Å². The Hall–Kier alpha value is -1.81. The predicted octanol–water partition coefficient (Wildman–Crippen LogP) is 3.44. The van der Waals surface area contributed by atoms with Gasteiger partial charge in [-0.1, -0.05) is 13.0 Å². The third-order valence-corrected chi connectivity index (χ3v) is 4.97. The summed E-state index contributed by atoms with van der Waals surface area (Å²) in [5, 5.41) is 4.19. The second-order valence-corrected chi connectivity index (χ2v) is 6.69. The maximum absolute atomic E-state index is 12.7. The molecule has 1 aliphatic rings. The molecule has 0 aliphatic carbocycles. The SMILES string of the molecule is CCN1CCC[C@@H]1CNC(=O)c1cccc2c1ccn2C(C)C. The van der Waals surface area contributed by atoms with Crippen LogP contribution < -0.4 is 5.32 Å². The minimum atomic E-state index is 0.0417. The molecule has 23 heavy (non-hydrogen) atoms. The van der Waals surface area contributed by atoms with E-state index < -0.39 is 0 Å². The van der Waals surface area contributed by atoms with Crippen molar-refractivity contribution >= 4 is 16.8 Å². The van der Waals surface area contributed by atoms with Gasteiger partial charge in [0.2, 0.25) is 0 Å². The van der Waals surface area contributed by atoms with Gasteiger partial charge >= 0.3 is 0 Å². The van der Waals surface area contributed by atoms with E-state index >= 15 is 0 Å². The zero-order valence-electron chi connectivity index (χ0n) is 14.4. The molecule has 0 unspecified atom stereocenters. The van der Waals surface area contributed by atoms with Crippen molar-refractivity contribution in [2.24, 2.45) is 0 Å². The first kappa shape index (κ1) is 16.1. The summed E-state index contributed by atoms with van der Waals surface area (Å²) in [5.41, 5.74) is 1.91. The largest absolute Gasteiger partial charge is 0.350 e. The number of fused-ring (bicyclic) bond motifs is 1. The summed E-state index contributed by atoms with van der Waals surface area (Å²) < 4.78 is 2.21. The minimum absolute atomic E-state index is 0.0417. The molecular formula is C19H27N3O. The number of carbonyl (C=O) groups is 1. The molecule has 0 radical (unpaired) electrons. The van der Waals surface area contributed by atoms with E-state index in [0.717, 1.165) is 36.1 Å². The van der Waals surface area contributed by atoms with Crippen molar-refractivity contribution in [2.45, 2.75) is 45.7 Å². The van der Waals surface area contributed by atoms with Gasteiger partial charge in [-0.3, -0.25) is 9.69 Å². The number of amides is 1. The molecule has 4 nitrogen and oxygen atoms in total. The van der Waals surface area contributed by atoms with Crippen LogP contribution >= 0.6 is 0 Å². The van der Waals surface area contributed by atoms with Crippen LogP contribution in [0.15, 0.2) is 30.5 Å². The number of hydrogen-bond donors (Lipinski definition) is 1. The van der Waals surface area contributed by atoms with Crippen molar-refractivity contribution in [1.82, 2.24) is 14.8 Å². The Bertz CT molecular complexity index is 689. The van der Waals surface area contributed by atoms with Crippen LogP contribution in [0.1, 0.15) is 50.0 Å². The van der Waals surface area contributed by atoms with Gasteiger partial charge in [0.25, 0.3) is 5.91 Å². The normalized spacial score (nSPS) is 18.9. The summed E-state index contributed by atoms with van der Waals surface area (Å²) >= 11 is 0. The summed E-state index contributed by atoms with van der Waals surface area (Å²) in [6.45, 7) is 9.47. The van der Waals surface area contributed by atoms with E-state index in [4.69, 9.17) is 0 Å². The Morgan fingerprint density at radius 2 is 2.17 bits per heavy atom. The molecule has 4 heteroatoms.